The summed E-state index contributed by atoms with van der Waals surface area (Å²) in [6, 6.07) is 4.09. The largest absolute Gasteiger partial charge is 0.355 e. The van der Waals surface area contributed by atoms with E-state index in [1.807, 2.05) is 13.1 Å². The van der Waals surface area contributed by atoms with Crippen LogP contribution in [0.5, 0.6) is 0 Å². The molecule has 1 aromatic rings. The van der Waals surface area contributed by atoms with Gasteiger partial charge in [0.05, 0.1) is 5.69 Å². The first-order chi connectivity index (χ1) is 8.67. The van der Waals surface area contributed by atoms with E-state index < -0.39 is 0 Å². The van der Waals surface area contributed by atoms with E-state index in [0.717, 1.165) is 44.1 Å². The highest BCUT2D eigenvalue weighted by Gasteiger charge is 2.06. The molecule has 0 atom stereocenters. The van der Waals surface area contributed by atoms with Crippen LogP contribution in [0.4, 0.5) is 5.82 Å². The quantitative estimate of drug-likeness (QED) is 0.746. The van der Waals surface area contributed by atoms with Crippen molar-refractivity contribution in [3.8, 4) is 0 Å². The van der Waals surface area contributed by atoms with E-state index in [9.17, 15) is 0 Å². The highest BCUT2D eigenvalue weighted by molar-refractivity contribution is 5.36. The van der Waals surface area contributed by atoms with Gasteiger partial charge in [-0.05, 0) is 53.2 Å². The maximum Gasteiger partial charge on any atom is 0.151 e. The molecule has 1 rings (SSSR count). The lowest BCUT2D eigenvalue weighted by molar-refractivity contribution is 0.400. The predicted octanol–water partition coefficient (Wildman–Crippen LogP) is 0.974. The molecule has 0 radical (unpaired) electrons. The highest BCUT2D eigenvalue weighted by Crippen LogP contribution is 2.09. The van der Waals surface area contributed by atoms with Crippen LogP contribution in [0.2, 0.25) is 0 Å². The maximum atomic E-state index is 4.29. The molecular formula is C13H25N5. The first-order valence-corrected chi connectivity index (χ1v) is 6.54. The lowest BCUT2D eigenvalue weighted by atomic mass is 10.3. The second-order valence-corrected chi connectivity index (χ2v) is 4.65. The number of anilines is 1. The third-order valence-electron chi connectivity index (χ3n) is 2.80. The Bertz CT molecular complexity index is 323. The number of hydrogen-bond donors (Lipinski definition) is 1. The van der Waals surface area contributed by atoms with E-state index in [1.165, 1.54) is 0 Å². The molecule has 1 aromatic heterocycles. The van der Waals surface area contributed by atoms with Crippen molar-refractivity contribution in [3.63, 3.8) is 0 Å². The Labute approximate surface area is 110 Å². The average Bonchev–Trinajstić information content (AvgIpc) is 2.36. The summed E-state index contributed by atoms with van der Waals surface area (Å²) in [5.41, 5.74) is 0.977. The second kappa shape index (κ2) is 8.00. The van der Waals surface area contributed by atoms with E-state index in [4.69, 9.17) is 0 Å². The topological polar surface area (TPSA) is 44.3 Å². The molecule has 18 heavy (non-hydrogen) atoms. The molecule has 0 saturated carbocycles. The summed E-state index contributed by atoms with van der Waals surface area (Å²) in [4.78, 5) is 4.47. The highest BCUT2D eigenvalue weighted by atomic mass is 15.3. The van der Waals surface area contributed by atoms with Gasteiger partial charge in [0.15, 0.2) is 5.82 Å². The zero-order valence-corrected chi connectivity index (χ0v) is 12.0. The van der Waals surface area contributed by atoms with Gasteiger partial charge >= 0.3 is 0 Å². The van der Waals surface area contributed by atoms with Gasteiger partial charge in [0.1, 0.15) is 0 Å². The summed E-state index contributed by atoms with van der Waals surface area (Å²) in [6.45, 7) is 6.00. The van der Waals surface area contributed by atoms with E-state index in [1.54, 1.807) is 0 Å². The van der Waals surface area contributed by atoms with Gasteiger partial charge in [0, 0.05) is 19.6 Å². The summed E-state index contributed by atoms with van der Waals surface area (Å²) in [5.74, 6) is 0.969. The molecule has 5 heteroatoms. The fraction of sp³-hybridized carbons (Fsp3) is 0.692. The van der Waals surface area contributed by atoms with E-state index in [-0.39, 0.29) is 0 Å². The van der Waals surface area contributed by atoms with Gasteiger partial charge in [-0.2, -0.15) is 5.10 Å². The monoisotopic (exact) mass is 251 g/mol. The van der Waals surface area contributed by atoms with Crippen molar-refractivity contribution in [1.82, 2.24) is 20.4 Å². The van der Waals surface area contributed by atoms with Crippen LogP contribution in [0.3, 0.4) is 0 Å². The third-order valence-corrected chi connectivity index (χ3v) is 2.80. The SMILES string of the molecule is CCN(CCCN(C)C)c1ccc(CNC)nn1. The van der Waals surface area contributed by atoms with Crippen molar-refractivity contribution in [2.45, 2.75) is 19.9 Å². The Morgan fingerprint density at radius 3 is 2.44 bits per heavy atom. The Morgan fingerprint density at radius 1 is 1.17 bits per heavy atom. The van der Waals surface area contributed by atoms with E-state index >= 15 is 0 Å². The molecule has 0 amide bonds. The Kier molecular flexibility index (Phi) is 6.60. The fourth-order valence-corrected chi connectivity index (χ4v) is 1.81. The molecule has 5 nitrogen and oxygen atoms in total. The molecule has 0 saturated heterocycles. The summed E-state index contributed by atoms with van der Waals surface area (Å²) in [7, 11) is 6.11. The zero-order valence-electron chi connectivity index (χ0n) is 12.0. The molecule has 0 aliphatic carbocycles. The number of nitrogens with zero attached hydrogens (tertiary/aromatic N) is 4. The normalized spacial score (nSPS) is 10.9. The number of nitrogens with one attached hydrogen (secondary N) is 1. The van der Waals surface area contributed by atoms with Crippen molar-refractivity contribution in [2.24, 2.45) is 0 Å². The maximum absolute atomic E-state index is 4.29. The van der Waals surface area contributed by atoms with Gasteiger partial charge in [-0.15, -0.1) is 5.10 Å². The van der Waals surface area contributed by atoms with Gasteiger partial charge in [-0.25, -0.2) is 0 Å². The minimum absolute atomic E-state index is 0.764. The molecule has 1 heterocycles. The summed E-state index contributed by atoms with van der Waals surface area (Å²) < 4.78 is 0. The smallest absolute Gasteiger partial charge is 0.151 e. The first kappa shape index (κ1) is 14.9. The van der Waals surface area contributed by atoms with Crippen LogP contribution in [0, 0.1) is 0 Å². The second-order valence-electron chi connectivity index (χ2n) is 4.65. The van der Waals surface area contributed by atoms with Crippen LogP contribution in [0.1, 0.15) is 19.0 Å². The standard InChI is InChI=1S/C13H25N5/c1-5-18(10-6-9-17(3)4)13-8-7-12(11-14-2)15-16-13/h7-8,14H,5-6,9-11H2,1-4H3. The van der Waals surface area contributed by atoms with Gasteiger partial charge in [-0.3, -0.25) is 0 Å². The number of hydrogen-bond acceptors (Lipinski definition) is 5. The molecular weight excluding hydrogens is 226 g/mol. The molecule has 0 aromatic carbocycles. The summed E-state index contributed by atoms with van der Waals surface area (Å²) >= 11 is 0. The molecule has 0 aliphatic rings. The third kappa shape index (κ3) is 4.98. The lowest BCUT2D eigenvalue weighted by Crippen LogP contribution is -2.28. The lowest BCUT2D eigenvalue weighted by Gasteiger charge is -2.22. The number of rotatable bonds is 8. The van der Waals surface area contributed by atoms with Crippen molar-refractivity contribution in [3.05, 3.63) is 17.8 Å². The Hall–Kier alpha value is -1.20. The molecule has 0 bridgehead atoms. The van der Waals surface area contributed by atoms with Gasteiger partial charge in [0.2, 0.25) is 0 Å². The van der Waals surface area contributed by atoms with Crippen LogP contribution in [0.25, 0.3) is 0 Å². The van der Waals surface area contributed by atoms with E-state index in [0.29, 0.717) is 0 Å². The first-order valence-electron chi connectivity index (χ1n) is 6.54. The molecule has 0 spiro atoms. The zero-order chi connectivity index (χ0) is 13.4. The average molecular weight is 251 g/mol. The summed E-state index contributed by atoms with van der Waals surface area (Å²) in [5, 5.41) is 11.6. The fourth-order valence-electron chi connectivity index (χ4n) is 1.81. The minimum atomic E-state index is 0.764. The Balaban J connectivity index is 2.53. The molecule has 0 aliphatic heterocycles. The molecule has 102 valence electrons. The molecule has 0 fully saturated rings. The van der Waals surface area contributed by atoms with Crippen LogP contribution >= 0.6 is 0 Å². The van der Waals surface area contributed by atoms with Crippen LogP contribution in [-0.2, 0) is 6.54 Å². The predicted molar refractivity (Wildman–Crippen MR) is 75.9 cm³/mol. The van der Waals surface area contributed by atoms with Crippen LogP contribution < -0.4 is 10.2 Å². The van der Waals surface area contributed by atoms with Crippen molar-refractivity contribution in [2.75, 3.05) is 45.7 Å². The van der Waals surface area contributed by atoms with Crippen LogP contribution in [0.15, 0.2) is 12.1 Å². The van der Waals surface area contributed by atoms with Gasteiger partial charge < -0.3 is 15.1 Å². The van der Waals surface area contributed by atoms with Gasteiger partial charge in [0.25, 0.3) is 0 Å². The summed E-state index contributed by atoms with van der Waals surface area (Å²) in [6.07, 6.45) is 1.14. The van der Waals surface area contributed by atoms with E-state index in [2.05, 4.69) is 52.4 Å². The number of aromatic nitrogens is 2. The van der Waals surface area contributed by atoms with Crippen molar-refractivity contribution in [1.29, 1.82) is 0 Å². The van der Waals surface area contributed by atoms with Crippen LogP contribution in [-0.4, -0.2) is 55.9 Å². The molecule has 1 N–H and O–H groups in total. The molecule has 0 unspecified atom stereocenters. The van der Waals surface area contributed by atoms with Crippen molar-refractivity contribution >= 4 is 5.82 Å². The minimum Gasteiger partial charge on any atom is -0.355 e. The Morgan fingerprint density at radius 2 is 1.94 bits per heavy atom. The van der Waals surface area contributed by atoms with Gasteiger partial charge in [-0.1, -0.05) is 0 Å². The van der Waals surface area contributed by atoms with Crippen molar-refractivity contribution < 1.29 is 0 Å².